The first-order valence-corrected chi connectivity index (χ1v) is 8.58. The molecule has 0 atom stereocenters. The molecule has 134 valence electrons. The molecular formula is C19H19FN4O2. The van der Waals surface area contributed by atoms with Gasteiger partial charge in [0, 0.05) is 11.6 Å². The Bertz CT molecular complexity index is 936. The lowest BCUT2D eigenvalue weighted by molar-refractivity contribution is 0.303. The SMILES string of the molecule is Cc1c(C#N)c(O)n(C2CCCCC2)c(=O)c1N=Nc1ccc(F)cc1. The minimum Gasteiger partial charge on any atom is -0.493 e. The number of rotatable bonds is 3. The Labute approximate surface area is 150 Å². The normalized spacial score (nSPS) is 15.3. The highest BCUT2D eigenvalue weighted by molar-refractivity contribution is 5.57. The van der Waals surface area contributed by atoms with Crippen LogP contribution in [0, 0.1) is 24.1 Å². The first kappa shape index (κ1) is 17.8. The van der Waals surface area contributed by atoms with Crippen molar-refractivity contribution in [3.63, 3.8) is 0 Å². The van der Waals surface area contributed by atoms with Crippen molar-refractivity contribution >= 4 is 11.4 Å². The van der Waals surface area contributed by atoms with Crippen molar-refractivity contribution in [2.24, 2.45) is 10.2 Å². The van der Waals surface area contributed by atoms with E-state index in [-0.39, 0.29) is 28.7 Å². The number of aromatic nitrogens is 1. The van der Waals surface area contributed by atoms with Gasteiger partial charge in [0.1, 0.15) is 17.4 Å². The van der Waals surface area contributed by atoms with Crippen LogP contribution in [0.1, 0.15) is 49.3 Å². The highest BCUT2D eigenvalue weighted by Crippen LogP contribution is 2.34. The quantitative estimate of drug-likeness (QED) is 0.803. The molecule has 0 radical (unpaired) electrons. The largest absolute Gasteiger partial charge is 0.493 e. The molecule has 1 aromatic carbocycles. The fourth-order valence-corrected chi connectivity index (χ4v) is 3.32. The first-order valence-electron chi connectivity index (χ1n) is 8.58. The van der Waals surface area contributed by atoms with Gasteiger partial charge in [0.05, 0.1) is 5.69 Å². The zero-order valence-corrected chi connectivity index (χ0v) is 14.4. The molecule has 1 heterocycles. The fraction of sp³-hybridized carbons (Fsp3) is 0.368. The highest BCUT2D eigenvalue weighted by atomic mass is 19.1. The second-order valence-corrected chi connectivity index (χ2v) is 6.43. The molecule has 7 heteroatoms. The Balaban J connectivity index is 2.10. The molecule has 0 spiro atoms. The summed E-state index contributed by atoms with van der Waals surface area (Å²) in [5, 5.41) is 27.9. The van der Waals surface area contributed by atoms with Crippen LogP contribution in [0.25, 0.3) is 0 Å². The van der Waals surface area contributed by atoms with Gasteiger partial charge in [-0.15, -0.1) is 5.11 Å². The van der Waals surface area contributed by atoms with E-state index < -0.39 is 11.4 Å². The first-order chi connectivity index (χ1) is 12.5. The predicted octanol–water partition coefficient (Wildman–Crippen LogP) is 4.79. The van der Waals surface area contributed by atoms with Crippen LogP contribution >= 0.6 is 0 Å². The van der Waals surface area contributed by atoms with Crippen molar-refractivity contribution in [2.45, 2.75) is 45.1 Å². The van der Waals surface area contributed by atoms with Crippen molar-refractivity contribution in [1.29, 1.82) is 5.26 Å². The third-order valence-corrected chi connectivity index (χ3v) is 4.75. The number of nitrogens with zero attached hydrogens (tertiary/aromatic N) is 4. The number of benzene rings is 1. The lowest BCUT2D eigenvalue weighted by atomic mass is 9.94. The van der Waals surface area contributed by atoms with Gasteiger partial charge >= 0.3 is 0 Å². The molecule has 6 nitrogen and oxygen atoms in total. The van der Waals surface area contributed by atoms with Gasteiger partial charge in [-0.05, 0) is 44.0 Å². The minimum atomic E-state index is -0.461. The molecule has 1 aromatic heterocycles. The maximum atomic E-state index is 13.0. The van der Waals surface area contributed by atoms with Crippen LogP contribution in [0.3, 0.4) is 0 Å². The van der Waals surface area contributed by atoms with Gasteiger partial charge in [-0.1, -0.05) is 19.3 Å². The third-order valence-electron chi connectivity index (χ3n) is 4.75. The van der Waals surface area contributed by atoms with E-state index >= 15 is 0 Å². The molecule has 0 aliphatic heterocycles. The summed E-state index contributed by atoms with van der Waals surface area (Å²) in [5.74, 6) is -0.696. The van der Waals surface area contributed by atoms with Gasteiger partial charge in [-0.3, -0.25) is 9.36 Å². The zero-order valence-electron chi connectivity index (χ0n) is 14.4. The van der Waals surface area contributed by atoms with E-state index in [1.807, 2.05) is 6.07 Å². The lowest BCUT2D eigenvalue weighted by Crippen LogP contribution is -2.27. The van der Waals surface area contributed by atoms with Crippen LogP contribution in [-0.2, 0) is 0 Å². The number of hydrogen-bond acceptors (Lipinski definition) is 5. The second kappa shape index (κ2) is 7.48. The summed E-state index contributed by atoms with van der Waals surface area (Å²) < 4.78 is 14.3. The summed E-state index contributed by atoms with van der Waals surface area (Å²) >= 11 is 0. The van der Waals surface area contributed by atoms with Gasteiger partial charge in [0.2, 0.25) is 5.88 Å². The average Bonchev–Trinajstić information content (AvgIpc) is 2.64. The van der Waals surface area contributed by atoms with Crippen LogP contribution in [0.4, 0.5) is 15.8 Å². The van der Waals surface area contributed by atoms with E-state index in [2.05, 4.69) is 10.2 Å². The number of halogens is 1. The van der Waals surface area contributed by atoms with Gasteiger partial charge in [0.25, 0.3) is 5.56 Å². The minimum absolute atomic E-state index is 0.0225. The standard InChI is InChI=1S/C19H19FN4O2/c1-12-16(11-21)18(25)24(15-5-3-2-4-6-15)19(26)17(12)23-22-14-9-7-13(20)8-10-14/h7-10,15,25H,2-6H2,1H3. The van der Waals surface area contributed by atoms with Crippen molar-refractivity contribution in [2.75, 3.05) is 0 Å². The third kappa shape index (κ3) is 3.36. The predicted molar refractivity (Wildman–Crippen MR) is 94.5 cm³/mol. The van der Waals surface area contributed by atoms with Gasteiger partial charge in [-0.2, -0.15) is 10.4 Å². The summed E-state index contributed by atoms with van der Waals surface area (Å²) in [4.78, 5) is 12.9. The van der Waals surface area contributed by atoms with E-state index in [1.165, 1.54) is 28.8 Å². The smallest absolute Gasteiger partial charge is 0.281 e. The Kier molecular flexibility index (Phi) is 5.12. The van der Waals surface area contributed by atoms with E-state index in [1.54, 1.807) is 6.92 Å². The maximum Gasteiger partial charge on any atom is 0.281 e. The Morgan fingerprint density at radius 1 is 1.19 bits per heavy atom. The summed E-state index contributed by atoms with van der Waals surface area (Å²) in [7, 11) is 0. The fourth-order valence-electron chi connectivity index (χ4n) is 3.32. The average molecular weight is 354 g/mol. The second-order valence-electron chi connectivity index (χ2n) is 6.43. The van der Waals surface area contributed by atoms with Crippen molar-refractivity contribution in [3.8, 4) is 11.9 Å². The topological polar surface area (TPSA) is 90.7 Å². The number of pyridine rings is 1. The van der Waals surface area contributed by atoms with Crippen LogP contribution < -0.4 is 5.56 Å². The van der Waals surface area contributed by atoms with Crippen LogP contribution in [0.15, 0.2) is 39.3 Å². The molecule has 2 aromatic rings. The Hall–Kier alpha value is -3.01. The van der Waals surface area contributed by atoms with Crippen molar-refractivity contribution < 1.29 is 9.50 Å². The Morgan fingerprint density at radius 2 is 1.85 bits per heavy atom. The van der Waals surface area contributed by atoms with Crippen molar-refractivity contribution in [3.05, 3.63) is 51.6 Å². The summed E-state index contributed by atoms with van der Waals surface area (Å²) in [6.07, 6.45) is 4.59. The van der Waals surface area contributed by atoms with Crippen molar-refractivity contribution in [1.82, 2.24) is 4.57 Å². The number of nitriles is 1. The van der Waals surface area contributed by atoms with E-state index in [0.29, 0.717) is 5.69 Å². The highest BCUT2D eigenvalue weighted by Gasteiger charge is 2.25. The number of azo groups is 1. The van der Waals surface area contributed by atoms with Gasteiger partial charge in [-0.25, -0.2) is 4.39 Å². The van der Waals surface area contributed by atoms with Crippen LogP contribution in [0.2, 0.25) is 0 Å². The molecule has 3 rings (SSSR count). The molecule has 1 aliphatic carbocycles. The summed E-state index contributed by atoms with van der Waals surface area (Å²) in [5.41, 5.74) is 0.267. The zero-order chi connectivity index (χ0) is 18.7. The molecule has 26 heavy (non-hydrogen) atoms. The van der Waals surface area contributed by atoms with Crippen LogP contribution in [0.5, 0.6) is 5.88 Å². The Morgan fingerprint density at radius 3 is 2.46 bits per heavy atom. The van der Waals surface area contributed by atoms with Crippen LogP contribution in [-0.4, -0.2) is 9.67 Å². The molecule has 1 N–H and O–H groups in total. The maximum absolute atomic E-state index is 13.0. The molecule has 0 amide bonds. The molecule has 0 saturated heterocycles. The van der Waals surface area contributed by atoms with Gasteiger partial charge in [0.15, 0.2) is 5.69 Å². The molecule has 1 fully saturated rings. The van der Waals surface area contributed by atoms with Gasteiger partial charge < -0.3 is 5.11 Å². The van der Waals surface area contributed by atoms with E-state index in [0.717, 1.165) is 32.1 Å². The summed E-state index contributed by atoms with van der Waals surface area (Å²) in [6, 6.07) is 7.19. The monoisotopic (exact) mass is 354 g/mol. The molecule has 0 unspecified atom stereocenters. The molecule has 1 aliphatic rings. The molecule has 1 saturated carbocycles. The molecule has 0 bridgehead atoms. The lowest BCUT2D eigenvalue weighted by Gasteiger charge is -2.25. The molecular weight excluding hydrogens is 335 g/mol. The number of aromatic hydroxyl groups is 1. The van der Waals surface area contributed by atoms with E-state index in [9.17, 15) is 19.6 Å². The van der Waals surface area contributed by atoms with E-state index in [4.69, 9.17) is 0 Å². The number of hydrogen-bond donors (Lipinski definition) is 1. The summed E-state index contributed by atoms with van der Waals surface area (Å²) in [6.45, 7) is 1.56.